The lowest BCUT2D eigenvalue weighted by molar-refractivity contribution is -0.161. The Morgan fingerprint density at radius 3 is 0.865 bits per heavy atom. The second-order valence-corrected chi connectivity index (χ2v) is 29.5. The molecule has 0 aliphatic carbocycles. The van der Waals surface area contributed by atoms with E-state index in [2.05, 4.69) is 137 Å². The Morgan fingerprint density at radius 1 is 0.288 bits per heavy atom. The number of aliphatic hydroxyl groups is 1. The van der Waals surface area contributed by atoms with E-state index >= 15 is 0 Å². The van der Waals surface area contributed by atoms with Crippen LogP contribution in [0, 0.1) is 0 Å². The van der Waals surface area contributed by atoms with Crippen molar-refractivity contribution in [2.24, 2.45) is 0 Å². The molecule has 0 radical (unpaired) electrons. The van der Waals surface area contributed by atoms with Crippen LogP contribution in [-0.2, 0) is 65.4 Å². The van der Waals surface area contributed by atoms with Crippen LogP contribution in [0.15, 0.2) is 134 Å². The SMILES string of the molecule is CC/C=C\C/C=C\C/C=C\C/C=C\C/C=C\CC(=O)OCC(COP(=O)(O)OCC(O)COP(=O)(O)OCC(COC(=O)CCCCCCCC/C=C\C/C=C\C/C=C\C/C=C\CC)OC(=O)CCCCCCC/C=C\CCCCCCCC)OC(=O)CCCCCCC/C=C\CCCCCCCC. The van der Waals surface area contributed by atoms with Gasteiger partial charge in [-0.3, -0.25) is 37.3 Å². The summed E-state index contributed by atoms with van der Waals surface area (Å²) in [4.78, 5) is 73.0. The summed E-state index contributed by atoms with van der Waals surface area (Å²) in [5, 5.41) is 10.6. The minimum absolute atomic E-state index is 0.0633. The highest BCUT2D eigenvalue weighted by atomic mass is 31.2. The molecule has 3 N–H and O–H groups in total. The molecule has 0 amide bonds. The highest BCUT2D eigenvalue weighted by Gasteiger charge is 2.30. The molecule has 596 valence electrons. The Morgan fingerprint density at radius 2 is 0.538 bits per heavy atom. The first-order valence-corrected chi connectivity index (χ1v) is 43.4. The van der Waals surface area contributed by atoms with Crippen LogP contribution in [0.4, 0.5) is 0 Å². The molecule has 17 nitrogen and oxygen atoms in total. The van der Waals surface area contributed by atoms with Gasteiger partial charge in [0.25, 0.3) is 0 Å². The highest BCUT2D eigenvalue weighted by Crippen LogP contribution is 2.45. The van der Waals surface area contributed by atoms with Gasteiger partial charge >= 0.3 is 39.5 Å². The zero-order valence-electron chi connectivity index (χ0n) is 65.2. The Balaban J connectivity index is 5.44. The van der Waals surface area contributed by atoms with Crippen LogP contribution in [0.3, 0.4) is 0 Å². The molecule has 0 aromatic rings. The van der Waals surface area contributed by atoms with E-state index in [1.165, 1.54) is 77.0 Å². The lowest BCUT2D eigenvalue weighted by Gasteiger charge is -2.21. The molecule has 104 heavy (non-hydrogen) atoms. The summed E-state index contributed by atoms with van der Waals surface area (Å²) in [5.74, 6) is -2.35. The monoisotopic (exact) mass is 1500 g/mol. The van der Waals surface area contributed by atoms with Gasteiger partial charge in [-0.25, -0.2) is 9.13 Å². The maximum atomic E-state index is 13.1. The summed E-state index contributed by atoms with van der Waals surface area (Å²) in [7, 11) is -9.99. The standard InChI is InChI=1S/C85H144O17P2/c1-5-9-13-17-21-25-29-33-37-38-39-40-44-46-50-54-58-62-66-70-83(88)96-76-81(102-85(90)72-68-64-60-56-52-48-43-36-32-28-24-20-16-12-8-4)78-100-104(93,94)98-74-79(86)73-97-103(91,92)99-77-80(101-84(89)71-67-63-59-55-51-47-42-35-31-27-23-19-15-11-7-3)75-95-82(87)69-65-61-57-53-49-45-41-34-30-26-22-18-14-10-6-2/h9-10,13-14,21-22,25-26,33-37,39-43,49,53,61,65,79-81,86H,5-8,11-12,15-20,23-24,27-32,38,44-48,50-52,54-60,62-64,66-78H2,1-4H3,(H,91,92)(H,93,94)/b13-9-,14-10-,25-21-,26-22-,37-33-,40-39-,41-34-,42-35-,43-36-,53-49-,65-61-. The molecule has 0 heterocycles. The second-order valence-electron chi connectivity index (χ2n) is 26.6. The van der Waals surface area contributed by atoms with Crippen molar-refractivity contribution < 1.29 is 80.2 Å². The molecule has 0 spiro atoms. The predicted molar refractivity (Wildman–Crippen MR) is 427 cm³/mol. The lowest BCUT2D eigenvalue weighted by Crippen LogP contribution is -2.30. The molecule has 19 heteroatoms. The third-order valence-corrected chi connectivity index (χ3v) is 18.5. The van der Waals surface area contributed by atoms with Crippen LogP contribution < -0.4 is 0 Å². The van der Waals surface area contributed by atoms with Crippen LogP contribution in [0.25, 0.3) is 0 Å². The number of esters is 4. The molecule has 0 fully saturated rings. The van der Waals surface area contributed by atoms with E-state index in [1.807, 2.05) is 18.2 Å². The van der Waals surface area contributed by atoms with Crippen molar-refractivity contribution in [2.45, 2.75) is 341 Å². The number of hydrogen-bond acceptors (Lipinski definition) is 15. The first kappa shape index (κ1) is 99.2. The van der Waals surface area contributed by atoms with E-state index in [0.29, 0.717) is 25.7 Å². The number of aliphatic hydroxyl groups excluding tert-OH is 1. The van der Waals surface area contributed by atoms with Gasteiger partial charge in [0.2, 0.25) is 0 Å². The third kappa shape index (κ3) is 75.4. The highest BCUT2D eigenvalue weighted by molar-refractivity contribution is 7.47. The fraction of sp³-hybridized carbons (Fsp3) is 0.694. The molecule has 5 atom stereocenters. The van der Waals surface area contributed by atoms with Gasteiger partial charge in [0.1, 0.15) is 19.3 Å². The molecule has 0 saturated heterocycles. The van der Waals surface area contributed by atoms with Gasteiger partial charge in [0.05, 0.1) is 32.8 Å². The number of unbranched alkanes of at least 4 members (excludes halogenated alkanes) is 28. The fourth-order valence-electron chi connectivity index (χ4n) is 10.5. The van der Waals surface area contributed by atoms with Crippen molar-refractivity contribution in [1.82, 2.24) is 0 Å². The molecule has 0 aliphatic rings. The van der Waals surface area contributed by atoms with E-state index < -0.39 is 97.5 Å². The zero-order chi connectivity index (χ0) is 76.0. The summed E-state index contributed by atoms with van der Waals surface area (Å²) < 4.78 is 68.5. The molecule has 5 unspecified atom stereocenters. The van der Waals surface area contributed by atoms with Crippen molar-refractivity contribution in [1.29, 1.82) is 0 Å². The smallest absolute Gasteiger partial charge is 0.462 e. The van der Waals surface area contributed by atoms with E-state index in [-0.39, 0.29) is 25.7 Å². The van der Waals surface area contributed by atoms with Crippen LogP contribution >= 0.6 is 15.6 Å². The van der Waals surface area contributed by atoms with E-state index in [4.69, 9.17) is 37.0 Å². The average molecular weight is 1500 g/mol. The second kappa shape index (κ2) is 76.4. The van der Waals surface area contributed by atoms with Crippen LogP contribution in [0.5, 0.6) is 0 Å². The van der Waals surface area contributed by atoms with E-state index in [9.17, 15) is 43.2 Å². The zero-order valence-corrected chi connectivity index (χ0v) is 66.9. The molecule has 0 saturated carbocycles. The summed E-state index contributed by atoms with van der Waals surface area (Å²) in [6.07, 6.45) is 86.0. The van der Waals surface area contributed by atoms with Crippen molar-refractivity contribution in [3.05, 3.63) is 134 Å². The number of allylic oxidation sites excluding steroid dienone is 21. The maximum absolute atomic E-state index is 13.1. The normalized spacial score (nSPS) is 14.6. The van der Waals surface area contributed by atoms with Gasteiger partial charge in [-0.2, -0.15) is 0 Å². The predicted octanol–water partition coefficient (Wildman–Crippen LogP) is 23.7. The summed E-state index contributed by atoms with van der Waals surface area (Å²) >= 11 is 0. The molecular formula is C85H144O17P2. The number of rotatable bonds is 75. The molecule has 0 aromatic carbocycles. The number of phosphoric ester groups is 2. The van der Waals surface area contributed by atoms with Gasteiger partial charge in [-0.15, -0.1) is 0 Å². The Bertz CT molecular complexity index is 2490. The summed E-state index contributed by atoms with van der Waals surface area (Å²) in [5.41, 5.74) is 0. The van der Waals surface area contributed by atoms with Gasteiger partial charge in [0, 0.05) is 19.3 Å². The topological polar surface area (TPSA) is 237 Å². The van der Waals surface area contributed by atoms with Crippen LogP contribution in [-0.4, -0.2) is 96.7 Å². The van der Waals surface area contributed by atoms with Crippen LogP contribution in [0.2, 0.25) is 0 Å². The minimum Gasteiger partial charge on any atom is -0.462 e. The number of ether oxygens (including phenoxy) is 4. The average Bonchev–Trinajstić information content (AvgIpc) is 0.912. The third-order valence-electron chi connectivity index (χ3n) is 16.6. The number of carbonyl (C=O) groups is 4. The van der Waals surface area contributed by atoms with E-state index in [1.54, 1.807) is 6.08 Å². The molecule has 0 aliphatic heterocycles. The summed E-state index contributed by atoms with van der Waals surface area (Å²) in [6.45, 7) is 4.51. The largest absolute Gasteiger partial charge is 0.472 e. The molecule has 0 bridgehead atoms. The fourth-order valence-corrected chi connectivity index (χ4v) is 12.1. The Labute approximate surface area is 631 Å². The maximum Gasteiger partial charge on any atom is 0.472 e. The Kier molecular flexibility index (Phi) is 72.9. The first-order chi connectivity index (χ1) is 50.7. The van der Waals surface area contributed by atoms with Gasteiger partial charge < -0.3 is 33.8 Å². The quantitative estimate of drug-likeness (QED) is 0.0169. The minimum atomic E-state index is -5.00. The summed E-state index contributed by atoms with van der Waals surface area (Å²) in [6, 6.07) is 0. The van der Waals surface area contributed by atoms with Crippen molar-refractivity contribution in [3.8, 4) is 0 Å². The molecular weight excluding hydrogens is 1350 g/mol. The van der Waals surface area contributed by atoms with Crippen LogP contribution in [0.1, 0.15) is 323 Å². The Hall–Kier alpha value is -4.80. The molecule has 0 rings (SSSR count). The first-order valence-electron chi connectivity index (χ1n) is 40.4. The van der Waals surface area contributed by atoms with Crippen molar-refractivity contribution in [2.75, 3.05) is 39.6 Å². The van der Waals surface area contributed by atoms with Gasteiger partial charge in [0.15, 0.2) is 12.2 Å². The van der Waals surface area contributed by atoms with Crippen molar-refractivity contribution >= 4 is 39.5 Å². The number of carbonyl (C=O) groups excluding carboxylic acids is 4. The van der Waals surface area contributed by atoms with Gasteiger partial charge in [-0.1, -0.05) is 290 Å². The van der Waals surface area contributed by atoms with Crippen molar-refractivity contribution in [3.63, 3.8) is 0 Å². The molecule has 0 aromatic heterocycles. The van der Waals surface area contributed by atoms with Gasteiger partial charge in [-0.05, 0) is 141 Å². The number of hydrogen-bond donors (Lipinski definition) is 3. The van der Waals surface area contributed by atoms with E-state index in [0.717, 1.165) is 167 Å². The lowest BCUT2D eigenvalue weighted by atomic mass is 10.1. The number of phosphoric acid groups is 2.